The molecule has 0 aliphatic carbocycles. The third kappa shape index (κ3) is 3.98. The van der Waals surface area contributed by atoms with Crippen LogP contribution in [0.25, 0.3) is 0 Å². The number of aryl methyl sites for hydroxylation is 1. The van der Waals surface area contributed by atoms with Crippen LogP contribution in [0.15, 0.2) is 59.6 Å². The first-order valence-electron chi connectivity index (χ1n) is 6.41. The summed E-state index contributed by atoms with van der Waals surface area (Å²) in [6.45, 7) is 3.11. The van der Waals surface area contributed by atoms with Gasteiger partial charge in [-0.3, -0.25) is 4.79 Å². The van der Waals surface area contributed by atoms with Crippen LogP contribution in [0.4, 0.5) is 5.69 Å². The van der Waals surface area contributed by atoms with Crippen molar-refractivity contribution in [3.05, 3.63) is 60.3 Å². The van der Waals surface area contributed by atoms with Crippen molar-refractivity contribution >= 4 is 21.7 Å². The SMILES string of the molecule is CC(=O)Nc1cc(S(=O)(=O)OC2=CC=CC=CO2)ccc1C. The second-order valence-electron chi connectivity index (χ2n) is 4.51. The highest BCUT2D eigenvalue weighted by Gasteiger charge is 2.20. The standard InChI is InChI=1S/C15H15NO5S/c1-11-7-8-13(10-14(11)16-12(2)17)22(18,19)21-15-6-4-3-5-9-20-15/h3-10H,1-2H3,(H,16,17). The Balaban J connectivity index is 2.29. The summed E-state index contributed by atoms with van der Waals surface area (Å²) in [4.78, 5) is 11.1. The van der Waals surface area contributed by atoms with Crippen molar-refractivity contribution in [3.8, 4) is 0 Å². The number of allylic oxidation sites excluding steroid dienone is 4. The lowest BCUT2D eigenvalue weighted by molar-refractivity contribution is -0.114. The van der Waals surface area contributed by atoms with Crippen molar-refractivity contribution < 1.29 is 22.1 Å². The summed E-state index contributed by atoms with van der Waals surface area (Å²) in [7, 11) is -4.06. The quantitative estimate of drug-likeness (QED) is 0.862. The van der Waals surface area contributed by atoms with E-state index in [9.17, 15) is 13.2 Å². The van der Waals surface area contributed by atoms with Gasteiger partial charge in [-0.25, -0.2) is 0 Å². The molecule has 1 amide bonds. The number of rotatable bonds is 4. The normalized spacial score (nSPS) is 13.8. The van der Waals surface area contributed by atoms with Crippen LogP contribution >= 0.6 is 0 Å². The van der Waals surface area contributed by atoms with Gasteiger partial charge >= 0.3 is 16.1 Å². The molecule has 1 aliphatic rings. The molecule has 0 radical (unpaired) electrons. The fraction of sp³-hybridized carbons (Fsp3) is 0.133. The van der Waals surface area contributed by atoms with E-state index in [1.807, 2.05) is 0 Å². The lowest BCUT2D eigenvalue weighted by Gasteiger charge is -2.11. The van der Waals surface area contributed by atoms with E-state index >= 15 is 0 Å². The molecule has 0 aromatic heterocycles. The maximum absolute atomic E-state index is 12.3. The lowest BCUT2D eigenvalue weighted by Crippen LogP contribution is -2.10. The third-order valence-corrected chi connectivity index (χ3v) is 3.93. The first kappa shape index (κ1) is 15.8. The molecule has 1 N–H and O–H groups in total. The van der Waals surface area contributed by atoms with Gasteiger partial charge in [-0.2, -0.15) is 8.42 Å². The predicted octanol–water partition coefficient (Wildman–Crippen LogP) is 2.60. The molecule has 1 heterocycles. The number of nitrogens with one attached hydrogen (secondary N) is 1. The molecule has 6 nitrogen and oxygen atoms in total. The molecular formula is C15H15NO5S. The number of amides is 1. The molecule has 22 heavy (non-hydrogen) atoms. The van der Waals surface area contributed by atoms with Crippen molar-refractivity contribution in [1.82, 2.24) is 0 Å². The van der Waals surface area contributed by atoms with Crippen molar-refractivity contribution in [1.29, 1.82) is 0 Å². The van der Waals surface area contributed by atoms with Crippen molar-refractivity contribution in [2.75, 3.05) is 5.32 Å². The van der Waals surface area contributed by atoms with Crippen LogP contribution in [0.5, 0.6) is 0 Å². The molecule has 0 atom stereocenters. The Morgan fingerprint density at radius 3 is 2.73 bits per heavy atom. The molecule has 1 aliphatic heterocycles. The Hall–Kier alpha value is -2.54. The van der Waals surface area contributed by atoms with E-state index in [4.69, 9.17) is 8.92 Å². The summed E-state index contributed by atoms with van der Waals surface area (Å²) >= 11 is 0. The Kier molecular flexibility index (Phi) is 4.67. The first-order valence-corrected chi connectivity index (χ1v) is 7.82. The Morgan fingerprint density at radius 1 is 1.23 bits per heavy atom. The summed E-state index contributed by atoms with van der Waals surface area (Å²) in [5.41, 5.74) is 1.15. The average molecular weight is 321 g/mol. The van der Waals surface area contributed by atoms with E-state index in [1.54, 1.807) is 31.2 Å². The molecule has 7 heteroatoms. The molecule has 116 valence electrons. The van der Waals surface area contributed by atoms with Gasteiger partial charge in [0.2, 0.25) is 5.91 Å². The summed E-state index contributed by atoms with van der Waals surface area (Å²) in [6.07, 6.45) is 7.55. The first-order chi connectivity index (χ1) is 10.4. The van der Waals surface area contributed by atoms with E-state index in [0.717, 1.165) is 5.56 Å². The van der Waals surface area contributed by atoms with Gasteiger partial charge in [0.15, 0.2) is 0 Å². The van der Waals surface area contributed by atoms with Crippen molar-refractivity contribution in [3.63, 3.8) is 0 Å². The van der Waals surface area contributed by atoms with Crippen LogP contribution < -0.4 is 5.32 Å². The smallest absolute Gasteiger partial charge is 0.341 e. The Bertz CT molecular complexity index is 775. The van der Waals surface area contributed by atoms with Crippen LogP contribution in [0.1, 0.15) is 12.5 Å². The van der Waals surface area contributed by atoms with Crippen molar-refractivity contribution in [2.45, 2.75) is 18.7 Å². The summed E-state index contributed by atoms with van der Waals surface area (Å²) < 4.78 is 34.5. The average Bonchev–Trinajstić information content (AvgIpc) is 2.68. The zero-order valence-electron chi connectivity index (χ0n) is 12.1. The highest BCUT2D eigenvalue weighted by molar-refractivity contribution is 7.86. The lowest BCUT2D eigenvalue weighted by atomic mass is 10.2. The number of hydrogen-bond acceptors (Lipinski definition) is 5. The minimum Gasteiger partial charge on any atom is -0.433 e. The number of hydrogen-bond donors (Lipinski definition) is 1. The summed E-state index contributed by atoms with van der Waals surface area (Å²) in [5, 5.41) is 2.57. The van der Waals surface area contributed by atoms with Crippen LogP contribution in [0.3, 0.4) is 0 Å². The molecule has 2 rings (SSSR count). The zero-order valence-corrected chi connectivity index (χ0v) is 12.9. The largest absolute Gasteiger partial charge is 0.433 e. The number of benzene rings is 1. The van der Waals surface area contributed by atoms with E-state index in [0.29, 0.717) is 5.69 Å². The van der Waals surface area contributed by atoms with Crippen molar-refractivity contribution in [2.24, 2.45) is 0 Å². The Morgan fingerprint density at radius 2 is 2.00 bits per heavy atom. The molecular weight excluding hydrogens is 306 g/mol. The van der Waals surface area contributed by atoms with Gasteiger partial charge in [-0.05, 0) is 30.7 Å². The monoisotopic (exact) mass is 321 g/mol. The summed E-state index contributed by atoms with van der Waals surface area (Å²) in [5.74, 6) is -0.449. The fourth-order valence-corrected chi connectivity index (χ4v) is 2.58. The van der Waals surface area contributed by atoms with E-state index in [1.165, 1.54) is 31.4 Å². The minimum absolute atomic E-state index is 0.0800. The molecule has 0 bridgehead atoms. The van der Waals surface area contributed by atoms with Gasteiger partial charge in [0, 0.05) is 18.7 Å². The minimum atomic E-state index is -4.06. The highest BCUT2D eigenvalue weighted by Crippen LogP contribution is 2.23. The van der Waals surface area contributed by atoms with Gasteiger partial charge in [0.05, 0.1) is 6.26 Å². The van der Waals surface area contributed by atoms with E-state index in [-0.39, 0.29) is 16.7 Å². The third-order valence-electron chi connectivity index (χ3n) is 2.72. The predicted molar refractivity (Wildman–Crippen MR) is 81.2 cm³/mol. The molecule has 0 fully saturated rings. The van der Waals surface area contributed by atoms with Gasteiger partial charge < -0.3 is 14.2 Å². The molecule has 0 saturated heterocycles. The van der Waals surface area contributed by atoms with E-state index < -0.39 is 10.1 Å². The Labute approximate surface area is 128 Å². The topological polar surface area (TPSA) is 81.7 Å². The van der Waals surface area contributed by atoms with Gasteiger partial charge in [0.1, 0.15) is 4.90 Å². The van der Waals surface area contributed by atoms with Crippen LogP contribution in [0.2, 0.25) is 0 Å². The highest BCUT2D eigenvalue weighted by atomic mass is 32.2. The maximum Gasteiger partial charge on any atom is 0.341 e. The van der Waals surface area contributed by atoms with E-state index in [2.05, 4.69) is 5.32 Å². The number of carbonyl (C=O) groups is 1. The van der Waals surface area contributed by atoms with Gasteiger partial charge in [0.25, 0.3) is 0 Å². The maximum atomic E-state index is 12.3. The fourth-order valence-electron chi connectivity index (χ4n) is 1.67. The molecule has 0 saturated carbocycles. The molecule has 0 unspecified atom stereocenters. The second-order valence-corrected chi connectivity index (χ2v) is 6.06. The number of carbonyl (C=O) groups excluding carboxylic acids is 1. The summed E-state index contributed by atoms with van der Waals surface area (Å²) in [6, 6.07) is 4.33. The number of ether oxygens (including phenoxy) is 1. The second kappa shape index (κ2) is 6.48. The molecule has 0 spiro atoms. The number of anilines is 1. The molecule has 1 aromatic rings. The zero-order chi connectivity index (χ0) is 16.2. The van der Waals surface area contributed by atoms with Crippen LogP contribution in [-0.2, 0) is 23.8 Å². The van der Waals surface area contributed by atoms with Crippen LogP contribution in [-0.4, -0.2) is 14.3 Å². The van der Waals surface area contributed by atoms with Gasteiger partial charge in [-0.1, -0.05) is 18.2 Å². The van der Waals surface area contributed by atoms with Crippen LogP contribution in [0, 0.1) is 6.92 Å². The van der Waals surface area contributed by atoms with Gasteiger partial charge in [-0.15, -0.1) is 0 Å². The molecule has 1 aromatic carbocycles.